The summed E-state index contributed by atoms with van der Waals surface area (Å²) in [4.78, 5) is 4.43. The van der Waals surface area contributed by atoms with Crippen molar-refractivity contribution in [2.75, 3.05) is 7.05 Å². The molecule has 2 rings (SSSR count). The van der Waals surface area contributed by atoms with Crippen LogP contribution in [0.25, 0.3) is 10.9 Å². The van der Waals surface area contributed by atoms with Crippen LogP contribution in [0.3, 0.4) is 0 Å². The van der Waals surface area contributed by atoms with Crippen molar-refractivity contribution < 1.29 is 0 Å². The molecule has 0 amide bonds. The predicted molar refractivity (Wildman–Crippen MR) is 87.0 cm³/mol. The first-order valence-corrected chi connectivity index (χ1v) is 7.52. The Labute approximate surface area is 122 Å². The van der Waals surface area contributed by atoms with Crippen LogP contribution >= 0.6 is 0 Å². The maximum absolute atomic E-state index is 4.43. The highest BCUT2D eigenvalue weighted by Crippen LogP contribution is 2.24. The van der Waals surface area contributed by atoms with Crippen molar-refractivity contribution in [1.82, 2.24) is 10.3 Å². The summed E-state index contributed by atoms with van der Waals surface area (Å²) in [7, 11) is 2.07. The fourth-order valence-corrected chi connectivity index (χ4v) is 2.88. The van der Waals surface area contributed by atoms with Crippen molar-refractivity contribution in [2.24, 2.45) is 5.41 Å². The Morgan fingerprint density at radius 1 is 1.15 bits per heavy atom. The molecular weight excluding hydrogens is 244 g/mol. The second-order valence-corrected chi connectivity index (χ2v) is 6.59. The minimum absolute atomic E-state index is 0.315. The van der Waals surface area contributed by atoms with E-state index in [4.69, 9.17) is 0 Å². The summed E-state index contributed by atoms with van der Waals surface area (Å²) >= 11 is 0. The molecule has 2 heteroatoms. The molecule has 0 aliphatic rings. The third-order valence-electron chi connectivity index (χ3n) is 4.07. The number of aryl methyl sites for hydroxylation is 1. The van der Waals surface area contributed by atoms with Gasteiger partial charge in [0.1, 0.15) is 0 Å². The average Bonchev–Trinajstić information content (AvgIpc) is 2.42. The van der Waals surface area contributed by atoms with Crippen molar-refractivity contribution in [3.8, 4) is 0 Å². The van der Waals surface area contributed by atoms with E-state index < -0.39 is 0 Å². The van der Waals surface area contributed by atoms with Gasteiger partial charge in [-0.05, 0) is 49.4 Å². The van der Waals surface area contributed by atoms with Gasteiger partial charge in [0, 0.05) is 17.6 Å². The standard InChI is InChI=1S/C18H26N2/c1-18(2,3)17(19-4)11-7-8-14-12-13-20-16-10-6-5-9-15(14)16/h5-6,9-10,12-13,17,19H,7-8,11H2,1-4H3. The highest BCUT2D eigenvalue weighted by molar-refractivity contribution is 5.81. The van der Waals surface area contributed by atoms with E-state index >= 15 is 0 Å². The van der Waals surface area contributed by atoms with Crippen molar-refractivity contribution in [2.45, 2.75) is 46.1 Å². The van der Waals surface area contributed by atoms with E-state index in [0.717, 1.165) is 11.9 Å². The molecule has 20 heavy (non-hydrogen) atoms. The predicted octanol–water partition coefficient (Wildman–Crippen LogP) is 4.19. The molecule has 1 N–H and O–H groups in total. The highest BCUT2D eigenvalue weighted by atomic mass is 14.9. The minimum atomic E-state index is 0.315. The summed E-state index contributed by atoms with van der Waals surface area (Å²) in [6.45, 7) is 6.90. The van der Waals surface area contributed by atoms with Crippen LogP contribution in [-0.2, 0) is 6.42 Å². The molecule has 108 valence electrons. The Hall–Kier alpha value is -1.41. The summed E-state index contributed by atoms with van der Waals surface area (Å²) in [6.07, 6.45) is 5.46. The zero-order chi connectivity index (χ0) is 14.6. The quantitative estimate of drug-likeness (QED) is 0.881. The van der Waals surface area contributed by atoms with Crippen LogP contribution in [0.5, 0.6) is 0 Å². The molecule has 0 bridgehead atoms. The molecule has 0 aliphatic heterocycles. The van der Waals surface area contributed by atoms with Gasteiger partial charge in [0.25, 0.3) is 0 Å². The van der Waals surface area contributed by atoms with Gasteiger partial charge in [-0.15, -0.1) is 0 Å². The lowest BCUT2D eigenvalue weighted by Gasteiger charge is -2.30. The number of nitrogens with zero attached hydrogens (tertiary/aromatic N) is 1. The fraction of sp³-hybridized carbons (Fsp3) is 0.500. The van der Waals surface area contributed by atoms with Gasteiger partial charge in [0.15, 0.2) is 0 Å². The van der Waals surface area contributed by atoms with Gasteiger partial charge in [-0.2, -0.15) is 0 Å². The number of aromatic nitrogens is 1. The zero-order valence-corrected chi connectivity index (χ0v) is 13.1. The van der Waals surface area contributed by atoms with Gasteiger partial charge in [-0.1, -0.05) is 39.0 Å². The molecule has 0 fully saturated rings. The molecule has 2 nitrogen and oxygen atoms in total. The molecule has 1 heterocycles. The third-order valence-corrected chi connectivity index (χ3v) is 4.07. The lowest BCUT2D eigenvalue weighted by Crippen LogP contribution is -2.37. The second kappa shape index (κ2) is 6.36. The zero-order valence-electron chi connectivity index (χ0n) is 13.1. The molecule has 0 spiro atoms. The van der Waals surface area contributed by atoms with E-state index in [-0.39, 0.29) is 0 Å². The highest BCUT2D eigenvalue weighted by Gasteiger charge is 2.22. The molecule has 1 unspecified atom stereocenters. The van der Waals surface area contributed by atoms with E-state index in [1.165, 1.54) is 23.8 Å². The van der Waals surface area contributed by atoms with Crippen LogP contribution in [0.2, 0.25) is 0 Å². The Bertz CT molecular complexity index is 549. The third kappa shape index (κ3) is 3.57. The summed E-state index contributed by atoms with van der Waals surface area (Å²) in [5.74, 6) is 0. The number of hydrogen-bond donors (Lipinski definition) is 1. The summed E-state index contributed by atoms with van der Waals surface area (Å²) in [5.41, 5.74) is 2.83. The first-order chi connectivity index (χ1) is 9.52. The Morgan fingerprint density at radius 3 is 2.60 bits per heavy atom. The van der Waals surface area contributed by atoms with Crippen LogP contribution in [0.1, 0.15) is 39.2 Å². The van der Waals surface area contributed by atoms with Crippen molar-refractivity contribution >= 4 is 10.9 Å². The molecular formula is C18H26N2. The largest absolute Gasteiger partial charge is 0.316 e. The maximum atomic E-state index is 4.43. The summed E-state index contributed by atoms with van der Waals surface area (Å²) < 4.78 is 0. The minimum Gasteiger partial charge on any atom is -0.316 e. The van der Waals surface area contributed by atoms with Gasteiger partial charge in [-0.3, -0.25) is 4.98 Å². The van der Waals surface area contributed by atoms with Crippen LogP contribution in [0, 0.1) is 5.41 Å². The summed E-state index contributed by atoms with van der Waals surface area (Å²) in [5, 5.41) is 4.75. The smallest absolute Gasteiger partial charge is 0.0704 e. The molecule has 1 atom stereocenters. The van der Waals surface area contributed by atoms with E-state index in [1.54, 1.807) is 0 Å². The fourth-order valence-electron chi connectivity index (χ4n) is 2.88. The topological polar surface area (TPSA) is 24.9 Å². The molecule has 0 aliphatic carbocycles. The first-order valence-electron chi connectivity index (χ1n) is 7.52. The van der Waals surface area contributed by atoms with E-state index in [0.29, 0.717) is 11.5 Å². The second-order valence-electron chi connectivity index (χ2n) is 6.59. The Morgan fingerprint density at radius 2 is 1.90 bits per heavy atom. The molecule has 2 aromatic rings. The Kier molecular flexibility index (Phi) is 4.77. The van der Waals surface area contributed by atoms with E-state index in [2.05, 4.69) is 68.5 Å². The number of benzene rings is 1. The maximum Gasteiger partial charge on any atom is 0.0704 e. The number of pyridine rings is 1. The molecule has 1 aromatic heterocycles. The molecule has 0 saturated heterocycles. The van der Waals surface area contributed by atoms with Crippen molar-refractivity contribution in [3.63, 3.8) is 0 Å². The van der Waals surface area contributed by atoms with Gasteiger partial charge in [0.2, 0.25) is 0 Å². The van der Waals surface area contributed by atoms with Gasteiger partial charge >= 0.3 is 0 Å². The number of nitrogens with one attached hydrogen (secondary N) is 1. The van der Waals surface area contributed by atoms with Gasteiger partial charge < -0.3 is 5.32 Å². The number of para-hydroxylation sites is 1. The van der Waals surface area contributed by atoms with E-state index in [9.17, 15) is 0 Å². The molecule has 0 saturated carbocycles. The van der Waals surface area contributed by atoms with E-state index in [1.807, 2.05) is 6.20 Å². The van der Waals surface area contributed by atoms with Gasteiger partial charge in [-0.25, -0.2) is 0 Å². The van der Waals surface area contributed by atoms with Crippen LogP contribution in [-0.4, -0.2) is 18.1 Å². The Balaban J connectivity index is 2.03. The molecule has 0 radical (unpaired) electrons. The van der Waals surface area contributed by atoms with Crippen molar-refractivity contribution in [3.05, 3.63) is 42.1 Å². The summed E-state index contributed by atoms with van der Waals surface area (Å²) in [6, 6.07) is 11.1. The first kappa shape index (κ1) is 15.0. The van der Waals surface area contributed by atoms with Gasteiger partial charge in [0.05, 0.1) is 5.52 Å². The SMILES string of the molecule is CNC(CCCc1ccnc2ccccc12)C(C)(C)C. The van der Waals surface area contributed by atoms with Crippen LogP contribution < -0.4 is 5.32 Å². The normalized spacial score (nSPS) is 13.6. The monoisotopic (exact) mass is 270 g/mol. The van der Waals surface area contributed by atoms with Crippen LogP contribution in [0.15, 0.2) is 36.5 Å². The number of rotatable bonds is 5. The lowest BCUT2D eigenvalue weighted by molar-refractivity contribution is 0.264. The lowest BCUT2D eigenvalue weighted by atomic mass is 9.83. The number of fused-ring (bicyclic) bond motifs is 1. The molecule has 1 aromatic carbocycles. The average molecular weight is 270 g/mol. The number of hydrogen-bond acceptors (Lipinski definition) is 2. The van der Waals surface area contributed by atoms with Crippen molar-refractivity contribution in [1.29, 1.82) is 0 Å². The van der Waals surface area contributed by atoms with Crippen LogP contribution in [0.4, 0.5) is 0 Å².